The summed E-state index contributed by atoms with van der Waals surface area (Å²) in [6.07, 6.45) is 1.30. The van der Waals surface area contributed by atoms with Crippen LogP contribution in [0.5, 0.6) is 0 Å². The van der Waals surface area contributed by atoms with Gasteiger partial charge in [0.25, 0.3) is 0 Å². The molecule has 1 heterocycles. The summed E-state index contributed by atoms with van der Waals surface area (Å²) in [4.78, 5) is 14.6. The van der Waals surface area contributed by atoms with Crippen LogP contribution in [0.4, 0.5) is 0 Å². The topological polar surface area (TPSA) is 46.3 Å². The molecule has 0 aliphatic heterocycles. The fraction of sp³-hybridized carbons (Fsp3) is 0.250. The predicted octanol–water partition coefficient (Wildman–Crippen LogP) is 3.47. The number of hydrogen-bond acceptors (Lipinski definition) is 3. The first-order valence-corrected chi connectivity index (χ1v) is 9.13. The van der Waals surface area contributed by atoms with Crippen LogP contribution in [0.3, 0.4) is 0 Å². The zero-order valence-electron chi connectivity index (χ0n) is 13.7. The molecule has 0 spiro atoms. The number of nitrogens with two attached hydrogens (primary N) is 1. The Bertz CT molecular complexity index is 798. The zero-order valence-corrected chi connectivity index (χ0v) is 14.5. The van der Waals surface area contributed by atoms with Gasteiger partial charge in [0.15, 0.2) is 0 Å². The van der Waals surface area contributed by atoms with Crippen molar-refractivity contribution in [3.05, 3.63) is 71.1 Å². The monoisotopic (exact) mass is 338 g/mol. The molecule has 1 aromatic heterocycles. The van der Waals surface area contributed by atoms with Crippen molar-refractivity contribution in [3.63, 3.8) is 0 Å². The zero-order chi connectivity index (χ0) is 16.8. The van der Waals surface area contributed by atoms with Gasteiger partial charge in [-0.05, 0) is 34.4 Å². The number of amides is 1. The summed E-state index contributed by atoms with van der Waals surface area (Å²) in [6, 6.07) is 18.5. The van der Waals surface area contributed by atoms with E-state index in [4.69, 9.17) is 5.73 Å². The number of carbonyl (C=O) groups excluding carboxylic acids is 1. The number of thiophene rings is 1. The maximum Gasteiger partial charge on any atom is 0.227 e. The van der Waals surface area contributed by atoms with E-state index in [0.29, 0.717) is 26.1 Å². The molecule has 3 nitrogen and oxygen atoms in total. The van der Waals surface area contributed by atoms with Crippen LogP contribution >= 0.6 is 11.3 Å². The molecule has 0 unspecified atom stereocenters. The fourth-order valence-electron chi connectivity index (χ4n) is 2.87. The second-order valence-electron chi connectivity index (χ2n) is 5.84. The summed E-state index contributed by atoms with van der Waals surface area (Å²) in [5, 5.41) is 3.28. The van der Waals surface area contributed by atoms with Crippen molar-refractivity contribution < 1.29 is 4.79 Å². The maximum atomic E-state index is 12.7. The van der Waals surface area contributed by atoms with E-state index < -0.39 is 0 Å². The lowest BCUT2D eigenvalue weighted by Crippen LogP contribution is -2.37. The molecule has 3 rings (SSSR count). The van der Waals surface area contributed by atoms with Gasteiger partial charge in [0.2, 0.25) is 5.91 Å². The van der Waals surface area contributed by atoms with Crippen molar-refractivity contribution in [1.29, 1.82) is 0 Å². The van der Waals surface area contributed by atoms with Crippen LogP contribution in [0.1, 0.15) is 11.1 Å². The lowest BCUT2D eigenvalue weighted by Gasteiger charge is -2.22. The Balaban J connectivity index is 1.67. The highest BCUT2D eigenvalue weighted by Crippen LogP contribution is 2.26. The molecule has 124 valence electrons. The summed E-state index contributed by atoms with van der Waals surface area (Å²) >= 11 is 1.70. The molecule has 0 aliphatic rings. The average Bonchev–Trinajstić information content (AvgIpc) is 3.02. The van der Waals surface area contributed by atoms with E-state index in [9.17, 15) is 4.79 Å². The molecule has 2 N–H and O–H groups in total. The van der Waals surface area contributed by atoms with E-state index in [0.717, 1.165) is 12.0 Å². The number of nitrogens with zero attached hydrogens (tertiary/aromatic N) is 1. The minimum atomic E-state index is 0.153. The summed E-state index contributed by atoms with van der Waals surface area (Å²) in [7, 11) is 0. The molecular weight excluding hydrogens is 316 g/mol. The van der Waals surface area contributed by atoms with Crippen LogP contribution in [0.15, 0.2) is 60.0 Å². The van der Waals surface area contributed by atoms with Crippen LogP contribution in [-0.4, -0.2) is 30.4 Å². The number of benzene rings is 2. The lowest BCUT2D eigenvalue weighted by molar-refractivity contribution is -0.130. The minimum absolute atomic E-state index is 0.153. The molecule has 3 aromatic rings. The molecule has 0 radical (unpaired) electrons. The van der Waals surface area contributed by atoms with E-state index in [1.165, 1.54) is 15.6 Å². The summed E-state index contributed by atoms with van der Waals surface area (Å²) < 4.78 is 1.23. The second-order valence-corrected chi connectivity index (χ2v) is 6.75. The van der Waals surface area contributed by atoms with Crippen LogP contribution in [-0.2, 0) is 17.6 Å². The number of fused-ring (bicyclic) bond motifs is 1. The van der Waals surface area contributed by atoms with Crippen LogP contribution in [0.25, 0.3) is 10.1 Å². The van der Waals surface area contributed by atoms with Gasteiger partial charge in [-0.2, -0.15) is 0 Å². The second kappa shape index (κ2) is 8.08. The van der Waals surface area contributed by atoms with Gasteiger partial charge in [-0.25, -0.2) is 0 Å². The van der Waals surface area contributed by atoms with Crippen molar-refractivity contribution in [3.8, 4) is 0 Å². The standard InChI is InChI=1S/C20H22N2OS/c21-11-13-22(12-10-16-6-2-1-3-7-16)20(23)14-17-15-24-19-9-5-4-8-18(17)19/h1-9,15H,10-14,21H2. The largest absolute Gasteiger partial charge is 0.341 e. The van der Waals surface area contributed by atoms with Gasteiger partial charge in [-0.15, -0.1) is 11.3 Å². The van der Waals surface area contributed by atoms with Gasteiger partial charge in [-0.3, -0.25) is 4.79 Å². The molecule has 0 bridgehead atoms. The molecule has 0 atom stereocenters. The highest BCUT2D eigenvalue weighted by atomic mass is 32.1. The van der Waals surface area contributed by atoms with E-state index in [-0.39, 0.29) is 5.91 Å². The Morgan fingerprint density at radius 1 is 1.00 bits per heavy atom. The van der Waals surface area contributed by atoms with Gasteiger partial charge >= 0.3 is 0 Å². The predicted molar refractivity (Wildman–Crippen MR) is 101 cm³/mol. The van der Waals surface area contributed by atoms with Crippen molar-refractivity contribution in [1.82, 2.24) is 4.90 Å². The third-order valence-electron chi connectivity index (χ3n) is 4.17. The molecule has 0 saturated carbocycles. The van der Waals surface area contributed by atoms with Crippen molar-refractivity contribution in [2.45, 2.75) is 12.8 Å². The Labute approximate surface area is 146 Å². The van der Waals surface area contributed by atoms with E-state index in [2.05, 4.69) is 29.6 Å². The Morgan fingerprint density at radius 3 is 2.54 bits per heavy atom. The smallest absolute Gasteiger partial charge is 0.227 e. The third kappa shape index (κ3) is 4.02. The number of carbonyl (C=O) groups is 1. The first kappa shape index (κ1) is 16.7. The normalized spacial score (nSPS) is 10.9. The first-order chi connectivity index (χ1) is 11.8. The fourth-order valence-corrected chi connectivity index (χ4v) is 3.83. The van der Waals surface area contributed by atoms with Crippen LogP contribution < -0.4 is 5.73 Å². The van der Waals surface area contributed by atoms with Gasteiger partial charge in [-0.1, -0.05) is 48.5 Å². The summed E-state index contributed by atoms with van der Waals surface area (Å²) in [5.41, 5.74) is 8.07. The van der Waals surface area contributed by atoms with Gasteiger partial charge in [0.05, 0.1) is 6.42 Å². The minimum Gasteiger partial charge on any atom is -0.341 e. The van der Waals surface area contributed by atoms with E-state index in [1.807, 2.05) is 35.2 Å². The Morgan fingerprint density at radius 2 is 1.75 bits per heavy atom. The van der Waals surface area contributed by atoms with Crippen molar-refractivity contribution in [2.24, 2.45) is 5.73 Å². The van der Waals surface area contributed by atoms with E-state index in [1.54, 1.807) is 11.3 Å². The number of rotatable bonds is 7. The molecule has 1 amide bonds. The van der Waals surface area contributed by atoms with Crippen molar-refractivity contribution in [2.75, 3.05) is 19.6 Å². The molecule has 4 heteroatoms. The SMILES string of the molecule is NCCN(CCc1ccccc1)C(=O)Cc1csc2ccccc12. The third-order valence-corrected chi connectivity index (χ3v) is 5.18. The van der Waals surface area contributed by atoms with Gasteiger partial charge in [0.1, 0.15) is 0 Å². The molecule has 0 aliphatic carbocycles. The first-order valence-electron chi connectivity index (χ1n) is 8.25. The molecular formula is C20H22N2OS. The molecule has 0 saturated heterocycles. The van der Waals surface area contributed by atoms with Crippen LogP contribution in [0.2, 0.25) is 0 Å². The summed E-state index contributed by atoms with van der Waals surface area (Å²) in [5.74, 6) is 0.153. The molecule has 24 heavy (non-hydrogen) atoms. The Kier molecular flexibility index (Phi) is 5.62. The average molecular weight is 338 g/mol. The highest BCUT2D eigenvalue weighted by molar-refractivity contribution is 7.17. The number of hydrogen-bond donors (Lipinski definition) is 1. The quantitative estimate of drug-likeness (QED) is 0.717. The van der Waals surface area contributed by atoms with Gasteiger partial charge < -0.3 is 10.6 Å². The maximum absolute atomic E-state index is 12.7. The summed E-state index contributed by atoms with van der Waals surface area (Å²) in [6.45, 7) is 1.81. The van der Waals surface area contributed by atoms with Crippen molar-refractivity contribution >= 4 is 27.3 Å². The molecule has 0 fully saturated rings. The van der Waals surface area contributed by atoms with Crippen LogP contribution in [0, 0.1) is 0 Å². The Hall–Kier alpha value is -2.17. The van der Waals surface area contributed by atoms with E-state index >= 15 is 0 Å². The molecule has 2 aromatic carbocycles. The highest BCUT2D eigenvalue weighted by Gasteiger charge is 2.15. The van der Waals surface area contributed by atoms with Gasteiger partial charge in [0, 0.05) is 24.3 Å². The lowest BCUT2D eigenvalue weighted by atomic mass is 10.1.